The SMILES string of the molecule is CCNC(=NCc1ncnn1C)NC1CC1c1cccc(Cl)c1. The Hall–Kier alpha value is -2.08. The van der Waals surface area contributed by atoms with Crippen molar-refractivity contribution in [3.63, 3.8) is 0 Å². The first-order valence-corrected chi connectivity index (χ1v) is 8.18. The highest BCUT2D eigenvalue weighted by Gasteiger charge is 2.39. The van der Waals surface area contributed by atoms with Gasteiger partial charge in [-0.25, -0.2) is 9.98 Å². The van der Waals surface area contributed by atoms with Crippen molar-refractivity contribution in [1.82, 2.24) is 25.4 Å². The lowest BCUT2D eigenvalue weighted by molar-refractivity contribution is 0.696. The number of rotatable bonds is 5. The number of guanidine groups is 1. The van der Waals surface area contributed by atoms with E-state index in [1.807, 2.05) is 25.2 Å². The van der Waals surface area contributed by atoms with Crippen LogP contribution < -0.4 is 10.6 Å². The summed E-state index contributed by atoms with van der Waals surface area (Å²) < 4.78 is 1.74. The van der Waals surface area contributed by atoms with E-state index in [4.69, 9.17) is 11.6 Å². The van der Waals surface area contributed by atoms with Gasteiger partial charge in [-0.3, -0.25) is 4.68 Å². The summed E-state index contributed by atoms with van der Waals surface area (Å²) in [5, 5.41) is 11.6. The van der Waals surface area contributed by atoms with Crippen molar-refractivity contribution >= 4 is 17.6 Å². The minimum absolute atomic E-state index is 0.394. The molecule has 0 spiro atoms. The van der Waals surface area contributed by atoms with E-state index in [1.165, 1.54) is 5.56 Å². The Kier molecular flexibility index (Phi) is 4.81. The first kappa shape index (κ1) is 15.8. The average Bonchev–Trinajstić information content (AvgIpc) is 3.18. The molecule has 1 heterocycles. The summed E-state index contributed by atoms with van der Waals surface area (Å²) in [6.07, 6.45) is 2.63. The van der Waals surface area contributed by atoms with Crippen molar-refractivity contribution in [3.05, 3.63) is 47.0 Å². The average molecular weight is 333 g/mol. The van der Waals surface area contributed by atoms with Crippen molar-refractivity contribution < 1.29 is 0 Å². The molecule has 2 unspecified atom stereocenters. The second kappa shape index (κ2) is 7.00. The third-order valence-electron chi connectivity index (χ3n) is 3.92. The van der Waals surface area contributed by atoms with Gasteiger partial charge in [0.15, 0.2) is 5.96 Å². The molecule has 1 saturated carbocycles. The third kappa shape index (κ3) is 4.01. The second-order valence-electron chi connectivity index (χ2n) is 5.64. The van der Waals surface area contributed by atoms with Gasteiger partial charge in [0.25, 0.3) is 0 Å². The van der Waals surface area contributed by atoms with Crippen LogP contribution in [0.1, 0.15) is 30.7 Å². The summed E-state index contributed by atoms with van der Waals surface area (Å²) in [5.74, 6) is 2.14. The number of hydrogen-bond acceptors (Lipinski definition) is 3. The van der Waals surface area contributed by atoms with Gasteiger partial charge in [-0.2, -0.15) is 5.10 Å². The van der Waals surface area contributed by atoms with E-state index in [9.17, 15) is 0 Å². The van der Waals surface area contributed by atoms with Gasteiger partial charge in [0.05, 0.1) is 0 Å². The molecule has 2 aromatic rings. The number of nitrogens with one attached hydrogen (secondary N) is 2. The molecule has 1 fully saturated rings. The number of hydrogen-bond donors (Lipinski definition) is 2. The number of nitrogens with zero attached hydrogens (tertiary/aromatic N) is 4. The number of aromatic nitrogens is 3. The van der Waals surface area contributed by atoms with E-state index in [2.05, 4.69) is 38.7 Å². The van der Waals surface area contributed by atoms with Crippen LogP contribution in [0.5, 0.6) is 0 Å². The molecular formula is C16H21ClN6. The van der Waals surface area contributed by atoms with Crippen LogP contribution >= 0.6 is 11.6 Å². The van der Waals surface area contributed by atoms with Crippen molar-refractivity contribution in [3.8, 4) is 0 Å². The van der Waals surface area contributed by atoms with Gasteiger partial charge in [0, 0.05) is 30.6 Å². The minimum atomic E-state index is 0.394. The molecule has 0 radical (unpaired) electrons. The van der Waals surface area contributed by atoms with E-state index < -0.39 is 0 Å². The van der Waals surface area contributed by atoms with Gasteiger partial charge in [0.2, 0.25) is 0 Å². The highest BCUT2D eigenvalue weighted by atomic mass is 35.5. The molecule has 23 heavy (non-hydrogen) atoms. The predicted octanol–water partition coefficient (Wildman–Crippen LogP) is 2.08. The largest absolute Gasteiger partial charge is 0.357 e. The van der Waals surface area contributed by atoms with Crippen LogP contribution in [0.4, 0.5) is 0 Å². The highest BCUT2D eigenvalue weighted by Crippen LogP contribution is 2.41. The van der Waals surface area contributed by atoms with Gasteiger partial charge < -0.3 is 10.6 Å². The molecule has 1 aliphatic rings. The van der Waals surface area contributed by atoms with E-state index in [0.29, 0.717) is 18.5 Å². The molecule has 2 N–H and O–H groups in total. The van der Waals surface area contributed by atoms with E-state index in [-0.39, 0.29) is 0 Å². The Morgan fingerprint density at radius 2 is 2.35 bits per heavy atom. The maximum atomic E-state index is 6.07. The van der Waals surface area contributed by atoms with Crippen LogP contribution in [0.2, 0.25) is 5.02 Å². The summed E-state index contributed by atoms with van der Waals surface area (Å²) >= 11 is 6.07. The fourth-order valence-electron chi connectivity index (χ4n) is 2.57. The Morgan fingerprint density at radius 1 is 1.48 bits per heavy atom. The zero-order chi connectivity index (χ0) is 16.2. The molecule has 1 aromatic heterocycles. The van der Waals surface area contributed by atoms with Crippen molar-refractivity contribution in [2.24, 2.45) is 12.0 Å². The standard InChI is InChI=1S/C16H21ClN6/c1-3-18-16(19-9-15-20-10-21-23(15)2)22-14-8-13(14)11-5-4-6-12(17)7-11/h4-7,10,13-14H,3,8-9H2,1-2H3,(H2,18,19,22). The van der Waals surface area contributed by atoms with Gasteiger partial charge in [-0.15, -0.1) is 0 Å². The molecule has 1 aromatic carbocycles. The predicted molar refractivity (Wildman–Crippen MR) is 91.6 cm³/mol. The summed E-state index contributed by atoms with van der Waals surface area (Å²) in [7, 11) is 1.87. The highest BCUT2D eigenvalue weighted by molar-refractivity contribution is 6.30. The molecule has 6 nitrogen and oxygen atoms in total. The van der Waals surface area contributed by atoms with Crippen molar-refractivity contribution in [1.29, 1.82) is 0 Å². The molecule has 0 saturated heterocycles. The summed E-state index contributed by atoms with van der Waals surface area (Å²) in [6, 6.07) is 8.47. The van der Waals surface area contributed by atoms with Crippen LogP contribution in [0.15, 0.2) is 35.6 Å². The fraction of sp³-hybridized carbons (Fsp3) is 0.438. The van der Waals surface area contributed by atoms with Gasteiger partial charge >= 0.3 is 0 Å². The van der Waals surface area contributed by atoms with E-state index in [0.717, 1.165) is 29.8 Å². The number of benzene rings is 1. The first-order valence-electron chi connectivity index (χ1n) is 7.80. The Labute approximate surface area is 141 Å². The van der Waals surface area contributed by atoms with Gasteiger partial charge in [0.1, 0.15) is 18.7 Å². The molecular weight excluding hydrogens is 312 g/mol. The molecule has 2 atom stereocenters. The molecule has 0 aliphatic heterocycles. The van der Waals surface area contributed by atoms with Gasteiger partial charge in [-0.05, 0) is 31.0 Å². The monoisotopic (exact) mass is 332 g/mol. The summed E-state index contributed by atoms with van der Waals surface area (Å²) in [4.78, 5) is 8.78. The number of aliphatic imine (C=N–C) groups is 1. The van der Waals surface area contributed by atoms with E-state index >= 15 is 0 Å². The maximum Gasteiger partial charge on any atom is 0.191 e. The first-order chi connectivity index (χ1) is 11.2. The fourth-order valence-corrected chi connectivity index (χ4v) is 2.77. The zero-order valence-corrected chi connectivity index (χ0v) is 14.1. The lowest BCUT2D eigenvalue weighted by Gasteiger charge is -2.11. The quantitative estimate of drug-likeness (QED) is 0.650. The van der Waals surface area contributed by atoms with Crippen LogP contribution in [0.25, 0.3) is 0 Å². The van der Waals surface area contributed by atoms with Crippen LogP contribution in [-0.2, 0) is 13.6 Å². The summed E-state index contributed by atoms with van der Waals surface area (Å²) in [5.41, 5.74) is 1.28. The second-order valence-corrected chi connectivity index (χ2v) is 6.08. The Morgan fingerprint density at radius 3 is 3.04 bits per heavy atom. The number of halogens is 1. The molecule has 3 rings (SSSR count). The molecule has 1 aliphatic carbocycles. The van der Waals surface area contributed by atoms with E-state index in [1.54, 1.807) is 11.0 Å². The molecule has 0 amide bonds. The smallest absolute Gasteiger partial charge is 0.191 e. The number of aryl methyl sites for hydroxylation is 1. The summed E-state index contributed by atoms with van der Waals surface area (Å²) in [6.45, 7) is 3.38. The van der Waals surface area contributed by atoms with Crippen LogP contribution in [-0.4, -0.2) is 33.3 Å². The third-order valence-corrected chi connectivity index (χ3v) is 4.15. The zero-order valence-electron chi connectivity index (χ0n) is 13.3. The molecule has 122 valence electrons. The topological polar surface area (TPSA) is 67.1 Å². The van der Waals surface area contributed by atoms with Crippen LogP contribution in [0, 0.1) is 0 Å². The maximum absolute atomic E-state index is 6.07. The van der Waals surface area contributed by atoms with Crippen LogP contribution in [0.3, 0.4) is 0 Å². The van der Waals surface area contributed by atoms with Gasteiger partial charge in [-0.1, -0.05) is 23.7 Å². The molecule has 7 heteroatoms. The Bertz CT molecular complexity index is 695. The van der Waals surface area contributed by atoms with Crippen molar-refractivity contribution in [2.75, 3.05) is 6.54 Å². The normalized spacial score (nSPS) is 20.4. The minimum Gasteiger partial charge on any atom is -0.357 e. The Balaban J connectivity index is 1.61. The van der Waals surface area contributed by atoms with Crippen molar-refractivity contribution in [2.45, 2.75) is 31.8 Å². The lowest BCUT2D eigenvalue weighted by atomic mass is 10.1. The lowest BCUT2D eigenvalue weighted by Crippen LogP contribution is -2.39. The molecule has 0 bridgehead atoms.